The van der Waals surface area contributed by atoms with E-state index in [1.165, 1.54) is 0 Å². The average molecular weight is 274 g/mol. The molecule has 0 aromatic heterocycles. The van der Waals surface area contributed by atoms with Crippen molar-refractivity contribution in [1.29, 1.82) is 0 Å². The normalized spacial score (nSPS) is 39.2. The number of methoxy groups -OCH3 is 1. The molecule has 0 amide bonds. The van der Waals surface area contributed by atoms with Crippen molar-refractivity contribution < 1.29 is 24.1 Å². The summed E-state index contributed by atoms with van der Waals surface area (Å²) in [4.78, 5) is 0. The molecule has 5 atom stereocenters. The Morgan fingerprint density at radius 2 is 2.16 bits per heavy atom. The van der Waals surface area contributed by atoms with Gasteiger partial charge in [0.15, 0.2) is 6.29 Å². The quantitative estimate of drug-likeness (QED) is 0.565. The lowest BCUT2D eigenvalue weighted by Gasteiger charge is -2.49. The Kier molecular flexibility index (Phi) is 6.42. The summed E-state index contributed by atoms with van der Waals surface area (Å²) in [6.45, 7) is 9.87. The predicted octanol–water partition coefficient (Wildman–Crippen LogP) is 1.70. The first kappa shape index (κ1) is 16.6. The lowest BCUT2D eigenvalue weighted by atomic mass is 9.80. The second kappa shape index (κ2) is 7.36. The van der Waals surface area contributed by atoms with Crippen molar-refractivity contribution in [2.75, 3.05) is 20.5 Å². The van der Waals surface area contributed by atoms with Gasteiger partial charge >= 0.3 is 0 Å². The molecule has 1 aliphatic heterocycles. The number of rotatable bonds is 7. The Hall–Kier alpha value is -0.460. The van der Waals surface area contributed by atoms with Crippen LogP contribution in [0.2, 0.25) is 0 Å². The molecule has 5 heteroatoms. The Bertz CT molecular complexity index is 279. The van der Waals surface area contributed by atoms with E-state index >= 15 is 0 Å². The van der Waals surface area contributed by atoms with E-state index in [-0.39, 0.29) is 18.8 Å². The van der Waals surface area contributed by atoms with Crippen molar-refractivity contribution in [3.63, 3.8) is 0 Å². The maximum atomic E-state index is 10.5. The van der Waals surface area contributed by atoms with Crippen LogP contribution in [0.1, 0.15) is 27.2 Å². The molecule has 0 spiro atoms. The van der Waals surface area contributed by atoms with Crippen LogP contribution in [-0.4, -0.2) is 49.7 Å². The van der Waals surface area contributed by atoms with E-state index in [1.807, 2.05) is 20.8 Å². The molecule has 1 N–H and O–H groups in total. The summed E-state index contributed by atoms with van der Waals surface area (Å²) in [5.41, 5.74) is -0.793. The van der Waals surface area contributed by atoms with Crippen LogP contribution in [0.25, 0.3) is 0 Å². The SMILES string of the molecule is C=CCO[C@H]1O[C@H](CC)[C@@](C)(OCOC)[C@H](O)[C@H]1C. The third-order valence-electron chi connectivity index (χ3n) is 3.69. The third-order valence-corrected chi connectivity index (χ3v) is 3.69. The van der Waals surface area contributed by atoms with Crippen molar-refractivity contribution in [3.8, 4) is 0 Å². The molecular weight excluding hydrogens is 248 g/mol. The molecule has 0 radical (unpaired) electrons. The maximum Gasteiger partial charge on any atom is 0.163 e. The summed E-state index contributed by atoms with van der Waals surface area (Å²) in [5, 5.41) is 10.5. The maximum absolute atomic E-state index is 10.5. The highest BCUT2D eigenvalue weighted by Crippen LogP contribution is 2.37. The van der Waals surface area contributed by atoms with Crippen LogP contribution in [0.4, 0.5) is 0 Å². The van der Waals surface area contributed by atoms with E-state index in [0.717, 1.165) is 6.42 Å². The largest absolute Gasteiger partial charge is 0.390 e. The zero-order chi connectivity index (χ0) is 14.5. The van der Waals surface area contributed by atoms with E-state index in [1.54, 1.807) is 13.2 Å². The standard InChI is InChI=1S/C14H26O5/c1-6-8-17-13-10(3)12(15)14(4,18-9-16-5)11(7-2)19-13/h6,10-13,15H,1,7-9H2,2-5H3/t10-,11-,12-,13+,14-/m1/s1. The molecule has 0 saturated carbocycles. The Morgan fingerprint density at radius 1 is 1.47 bits per heavy atom. The number of hydrogen-bond acceptors (Lipinski definition) is 5. The minimum absolute atomic E-state index is 0.123. The van der Waals surface area contributed by atoms with Crippen LogP contribution in [0.15, 0.2) is 12.7 Å². The van der Waals surface area contributed by atoms with E-state index < -0.39 is 18.0 Å². The Morgan fingerprint density at radius 3 is 2.68 bits per heavy atom. The Balaban J connectivity index is 2.81. The molecule has 1 saturated heterocycles. The zero-order valence-corrected chi connectivity index (χ0v) is 12.3. The van der Waals surface area contributed by atoms with Crippen LogP contribution >= 0.6 is 0 Å². The minimum atomic E-state index is -0.793. The van der Waals surface area contributed by atoms with Gasteiger partial charge in [0.2, 0.25) is 0 Å². The molecule has 19 heavy (non-hydrogen) atoms. The summed E-state index contributed by atoms with van der Waals surface area (Å²) in [6.07, 6.45) is 1.01. The highest BCUT2D eigenvalue weighted by molar-refractivity contribution is 4.98. The van der Waals surface area contributed by atoms with Crippen molar-refractivity contribution >= 4 is 0 Å². The summed E-state index contributed by atoms with van der Waals surface area (Å²) in [6, 6.07) is 0. The van der Waals surface area contributed by atoms with Gasteiger partial charge in [-0.15, -0.1) is 6.58 Å². The van der Waals surface area contributed by atoms with Crippen LogP contribution in [0.5, 0.6) is 0 Å². The first-order valence-electron chi connectivity index (χ1n) is 6.70. The van der Waals surface area contributed by atoms with Gasteiger partial charge in [0.05, 0.1) is 18.8 Å². The molecule has 0 aromatic carbocycles. The van der Waals surface area contributed by atoms with Gasteiger partial charge in [-0.25, -0.2) is 0 Å². The summed E-state index contributed by atoms with van der Waals surface area (Å²) in [7, 11) is 1.56. The van der Waals surface area contributed by atoms with Crippen LogP contribution < -0.4 is 0 Å². The van der Waals surface area contributed by atoms with E-state index in [2.05, 4.69) is 6.58 Å². The molecule has 0 aromatic rings. The van der Waals surface area contributed by atoms with Gasteiger partial charge in [-0.05, 0) is 13.3 Å². The first-order chi connectivity index (χ1) is 9.01. The molecule has 5 nitrogen and oxygen atoms in total. The average Bonchev–Trinajstić information content (AvgIpc) is 2.42. The smallest absolute Gasteiger partial charge is 0.163 e. The van der Waals surface area contributed by atoms with E-state index in [0.29, 0.717) is 6.61 Å². The van der Waals surface area contributed by atoms with E-state index in [4.69, 9.17) is 18.9 Å². The number of aliphatic hydroxyl groups is 1. The van der Waals surface area contributed by atoms with Gasteiger partial charge in [-0.2, -0.15) is 0 Å². The molecule has 112 valence electrons. The predicted molar refractivity (Wildman–Crippen MR) is 71.6 cm³/mol. The second-order valence-electron chi connectivity index (χ2n) is 5.06. The fourth-order valence-electron chi connectivity index (χ4n) is 2.50. The van der Waals surface area contributed by atoms with Gasteiger partial charge in [-0.1, -0.05) is 19.9 Å². The fraction of sp³-hybridized carbons (Fsp3) is 0.857. The first-order valence-corrected chi connectivity index (χ1v) is 6.70. The van der Waals surface area contributed by atoms with Crippen molar-refractivity contribution in [3.05, 3.63) is 12.7 Å². The highest BCUT2D eigenvalue weighted by Gasteiger charge is 2.52. The van der Waals surface area contributed by atoms with Crippen LogP contribution in [0.3, 0.4) is 0 Å². The molecule has 1 rings (SSSR count). The summed E-state index contributed by atoms with van der Waals surface area (Å²) in [5.74, 6) is -0.190. The molecule has 0 aliphatic carbocycles. The topological polar surface area (TPSA) is 57.2 Å². The second-order valence-corrected chi connectivity index (χ2v) is 5.06. The lowest BCUT2D eigenvalue weighted by Crippen LogP contribution is -2.63. The monoisotopic (exact) mass is 274 g/mol. The molecule has 1 aliphatic rings. The highest BCUT2D eigenvalue weighted by atomic mass is 16.7. The Labute approximate surface area is 115 Å². The van der Waals surface area contributed by atoms with Gasteiger partial charge in [-0.3, -0.25) is 0 Å². The summed E-state index contributed by atoms with van der Waals surface area (Å²) < 4.78 is 22.1. The van der Waals surface area contributed by atoms with Gasteiger partial charge in [0, 0.05) is 13.0 Å². The van der Waals surface area contributed by atoms with Crippen LogP contribution in [0, 0.1) is 5.92 Å². The van der Waals surface area contributed by atoms with Gasteiger partial charge in [0.1, 0.15) is 12.4 Å². The van der Waals surface area contributed by atoms with Gasteiger partial charge < -0.3 is 24.1 Å². The van der Waals surface area contributed by atoms with Crippen molar-refractivity contribution in [1.82, 2.24) is 0 Å². The van der Waals surface area contributed by atoms with Crippen molar-refractivity contribution in [2.24, 2.45) is 5.92 Å². The van der Waals surface area contributed by atoms with Gasteiger partial charge in [0.25, 0.3) is 0 Å². The fourth-order valence-corrected chi connectivity index (χ4v) is 2.50. The summed E-state index contributed by atoms with van der Waals surface area (Å²) >= 11 is 0. The molecule has 0 unspecified atom stereocenters. The number of aliphatic hydroxyl groups excluding tert-OH is 1. The van der Waals surface area contributed by atoms with Crippen LogP contribution in [-0.2, 0) is 18.9 Å². The molecular formula is C14H26O5. The van der Waals surface area contributed by atoms with E-state index in [9.17, 15) is 5.11 Å². The third kappa shape index (κ3) is 3.55. The minimum Gasteiger partial charge on any atom is -0.390 e. The number of hydrogen-bond donors (Lipinski definition) is 1. The lowest BCUT2D eigenvalue weighted by molar-refractivity contribution is -0.325. The molecule has 1 fully saturated rings. The molecule has 1 heterocycles. The van der Waals surface area contributed by atoms with Crippen molar-refractivity contribution in [2.45, 2.75) is 51.3 Å². The zero-order valence-electron chi connectivity index (χ0n) is 12.3. The number of ether oxygens (including phenoxy) is 4. The molecule has 0 bridgehead atoms.